The Kier molecular flexibility index (Phi) is 54.4. The molecule has 6 heteroatoms. The van der Waals surface area contributed by atoms with E-state index in [9.17, 15) is 14.4 Å². The van der Waals surface area contributed by atoms with Crippen molar-refractivity contribution in [3.63, 3.8) is 0 Å². The number of unbranched alkanes of at least 4 members (excludes halogenated alkanes) is 41. The van der Waals surface area contributed by atoms with E-state index in [4.69, 9.17) is 14.2 Å². The fourth-order valence-corrected chi connectivity index (χ4v) is 9.73. The standard InChI is InChI=1S/C63H122O6/c1-6-8-9-10-11-12-33-38-43-48-53-61(64)67-56-60(69-63(66)55-50-45-40-35-30-26-22-18-17-19-23-27-31-36-41-46-51-58(3)4)57-68-62(65)54-49-44-39-34-29-25-21-16-14-13-15-20-24-28-32-37-42-47-52-59(5)7-2/h58-60H,6-57H2,1-5H3/t59?,60-/m0/s1. The maximum Gasteiger partial charge on any atom is 0.306 e. The van der Waals surface area contributed by atoms with Crippen LogP contribution in [-0.4, -0.2) is 37.2 Å². The van der Waals surface area contributed by atoms with Crippen LogP contribution in [0.25, 0.3) is 0 Å². The smallest absolute Gasteiger partial charge is 0.306 e. The van der Waals surface area contributed by atoms with E-state index in [1.165, 1.54) is 244 Å². The van der Waals surface area contributed by atoms with Crippen LogP contribution in [0, 0.1) is 11.8 Å². The van der Waals surface area contributed by atoms with Crippen LogP contribution >= 0.6 is 0 Å². The molecule has 0 radical (unpaired) electrons. The molecule has 0 rings (SSSR count). The first kappa shape index (κ1) is 67.4. The lowest BCUT2D eigenvalue weighted by atomic mass is 9.99. The lowest BCUT2D eigenvalue weighted by Gasteiger charge is -2.18. The van der Waals surface area contributed by atoms with Crippen molar-refractivity contribution in [3.8, 4) is 0 Å². The second kappa shape index (κ2) is 55.7. The third kappa shape index (κ3) is 55.6. The Morgan fingerprint density at radius 2 is 0.551 bits per heavy atom. The number of rotatable bonds is 57. The molecule has 0 fully saturated rings. The third-order valence-corrected chi connectivity index (χ3v) is 14.8. The van der Waals surface area contributed by atoms with Crippen LogP contribution in [0.15, 0.2) is 0 Å². The summed E-state index contributed by atoms with van der Waals surface area (Å²) in [6.45, 7) is 11.5. The molecule has 69 heavy (non-hydrogen) atoms. The second-order valence-corrected chi connectivity index (χ2v) is 22.4. The zero-order chi connectivity index (χ0) is 50.4. The molecule has 0 aliphatic rings. The van der Waals surface area contributed by atoms with Gasteiger partial charge in [-0.3, -0.25) is 14.4 Å². The van der Waals surface area contributed by atoms with Crippen molar-refractivity contribution < 1.29 is 28.6 Å². The molecule has 0 aromatic carbocycles. The van der Waals surface area contributed by atoms with Gasteiger partial charge in [-0.15, -0.1) is 0 Å². The average molecular weight is 976 g/mol. The maximum atomic E-state index is 12.9. The first-order valence-corrected chi connectivity index (χ1v) is 31.3. The topological polar surface area (TPSA) is 78.9 Å². The third-order valence-electron chi connectivity index (χ3n) is 14.8. The summed E-state index contributed by atoms with van der Waals surface area (Å²) in [6, 6.07) is 0. The molecule has 0 saturated heterocycles. The SMILES string of the molecule is CCCCCCCCCCCCC(=O)OC[C@@H](COC(=O)CCCCCCCCCCCCCCCCCCCCC(C)CC)OC(=O)CCCCCCCCCCCCCCCCCCC(C)C. The average Bonchev–Trinajstić information content (AvgIpc) is 3.34. The molecular formula is C63H122O6. The molecule has 0 aliphatic heterocycles. The first-order valence-electron chi connectivity index (χ1n) is 31.3. The van der Waals surface area contributed by atoms with Crippen molar-refractivity contribution in [2.45, 2.75) is 362 Å². The van der Waals surface area contributed by atoms with Gasteiger partial charge in [-0.1, -0.05) is 317 Å². The summed E-state index contributed by atoms with van der Waals surface area (Å²) in [5.74, 6) is 0.926. The number of ether oxygens (including phenoxy) is 3. The molecule has 410 valence electrons. The molecule has 2 atom stereocenters. The van der Waals surface area contributed by atoms with Crippen molar-refractivity contribution >= 4 is 17.9 Å². The van der Waals surface area contributed by atoms with Crippen LogP contribution in [0.3, 0.4) is 0 Å². The zero-order valence-electron chi connectivity index (χ0n) is 47.5. The normalized spacial score (nSPS) is 12.4. The van der Waals surface area contributed by atoms with Crippen molar-refractivity contribution in [1.82, 2.24) is 0 Å². The summed E-state index contributed by atoms with van der Waals surface area (Å²) >= 11 is 0. The van der Waals surface area contributed by atoms with Gasteiger partial charge in [0.25, 0.3) is 0 Å². The Hall–Kier alpha value is -1.59. The Balaban J connectivity index is 4.19. The van der Waals surface area contributed by atoms with E-state index in [1.54, 1.807) is 0 Å². The number of esters is 3. The molecule has 1 unspecified atom stereocenters. The van der Waals surface area contributed by atoms with Crippen molar-refractivity contribution in [2.24, 2.45) is 11.8 Å². The van der Waals surface area contributed by atoms with E-state index in [2.05, 4.69) is 34.6 Å². The van der Waals surface area contributed by atoms with Crippen LogP contribution in [-0.2, 0) is 28.6 Å². The van der Waals surface area contributed by atoms with Gasteiger partial charge in [-0.05, 0) is 31.1 Å². The van der Waals surface area contributed by atoms with Crippen LogP contribution in [0.4, 0.5) is 0 Å². The number of carbonyl (C=O) groups is 3. The van der Waals surface area contributed by atoms with Gasteiger partial charge in [0.2, 0.25) is 0 Å². The highest BCUT2D eigenvalue weighted by Crippen LogP contribution is 2.19. The van der Waals surface area contributed by atoms with E-state index in [0.29, 0.717) is 19.3 Å². The minimum atomic E-state index is -0.762. The van der Waals surface area contributed by atoms with Gasteiger partial charge in [-0.25, -0.2) is 0 Å². The Morgan fingerprint density at radius 1 is 0.304 bits per heavy atom. The first-order chi connectivity index (χ1) is 33.8. The van der Waals surface area contributed by atoms with Gasteiger partial charge in [0.15, 0.2) is 6.10 Å². The van der Waals surface area contributed by atoms with E-state index >= 15 is 0 Å². The van der Waals surface area contributed by atoms with Crippen molar-refractivity contribution in [1.29, 1.82) is 0 Å². The van der Waals surface area contributed by atoms with E-state index in [0.717, 1.165) is 69.6 Å². The summed E-state index contributed by atoms with van der Waals surface area (Å²) in [4.78, 5) is 38.2. The highest BCUT2D eigenvalue weighted by molar-refractivity contribution is 5.71. The molecular weight excluding hydrogens is 853 g/mol. The number of hydrogen-bond acceptors (Lipinski definition) is 6. The summed E-state index contributed by atoms with van der Waals surface area (Å²) in [5, 5.41) is 0. The van der Waals surface area contributed by atoms with Gasteiger partial charge >= 0.3 is 17.9 Å². The molecule has 0 saturated carbocycles. The monoisotopic (exact) mass is 975 g/mol. The van der Waals surface area contributed by atoms with E-state index in [1.807, 2.05) is 0 Å². The van der Waals surface area contributed by atoms with E-state index < -0.39 is 6.10 Å². The summed E-state index contributed by atoms with van der Waals surface area (Å²) in [5.41, 5.74) is 0. The zero-order valence-corrected chi connectivity index (χ0v) is 47.5. The summed E-state index contributed by atoms with van der Waals surface area (Å²) in [7, 11) is 0. The molecule has 0 heterocycles. The van der Waals surface area contributed by atoms with Crippen LogP contribution in [0.5, 0.6) is 0 Å². The lowest BCUT2D eigenvalue weighted by Crippen LogP contribution is -2.30. The Bertz CT molecular complexity index is 1060. The van der Waals surface area contributed by atoms with E-state index in [-0.39, 0.29) is 31.1 Å². The van der Waals surface area contributed by atoms with Gasteiger partial charge < -0.3 is 14.2 Å². The molecule has 0 bridgehead atoms. The molecule has 0 N–H and O–H groups in total. The Morgan fingerprint density at radius 3 is 0.826 bits per heavy atom. The molecule has 6 nitrogen and oxygen atoms in total. The highest BCUT2D eigenvalue weighted by atomic mass is 16.6. The fraction of sp³-hybridized carbons (Fsp3) is 0.952. The van der Waals surface area contributed by atoms with Crippen molar-refractivity contribution in [3.05, 3.63) is 0 Å². The van der Waals surface area contributed by atoms with Crippen molar-refractivity contribution in [2.75, 3.05) is 13.2 Å². The molecule has 0 aromatic heterocycles. The van der Waals surface area contributed by atoms with Gasteiger partial charge in [-0.2, -0.15) is 0 Å². The summed E-state index contributed by atoms with van der Waals surface area (Å²) < 4.78 is 16.9. The predicted molar refractivity (Wildman–Crippen MR) is 298 cm³/mol. The van der Waals surface area contributed by atoms with Gasteiger partial charge in [0, 0.05) is 19.3 Å². The van der Waals surface area contributed by atoms with Gasteiger partial charge in [0.1, 0.15) is 13.2 Å². The fourth-order valence-electron chi connectivity index (χ4n) is 9.73. The highest BCUT2D eigenvalue weighted by Gasteiger charge is 2.19. The molecule has 0 aromatic rings. The van der Waals surface area contributed by atoms with Crippen LogP contribution in [0.2, 0.25) is 0 Å². The minimum absolute atomic E-state index is 0.0621. The second-order valence-electron chi connectivity index (χ2n) is 22.4. The van der Waals surface area contributed by atoms with Gasteiger partial charge in [0.05, 0.1) is 0 Å². The quantitative estimate of drug-likeness (QED) is 0.0343. The predicted octanol–water partition coefficient (Wildman–Crippen LogP) is 20.8. The molecule has 0 aliphatic carbocycles. The number of hydrogen-bond donors (Lipinski definition) is 0. The number of carbonyl (C=O) groups excluding carboxylic acids is 3. The maximum absolute atomic E-state index is 12.9. The Labute approximate surface area is 431 Å². The summed E-state index contributed by atoms with van der Waals surface area (Å²) in [6.07, 6.45) is 61.0. The minimum Gasteiger partial charge on any atom is -0.462 e. The lowest BCUT2D eigenvalue weighted by molar-refractivity contribution is -0.167. The van der Waals surface area contributed by atoms with Crippen LogP contribution in [0.1, 0.15) is 356 Å². The molecule has 0 amide bonds. The van der Waals surface area contributed by atoms with Crippen LogP contribution < -0.4 is 0 Å². The molecule has 0 spiro atoms. The largest absolute Gasteiger partial charge is 0.462 e.